The second-order valence-corrected chi connectivity index (χ2v) is 3.62. The Kier molecular flexibility index (Phi) is 7.67. The van der Waals surface area contributed by atoms with E-state index < -0.39 is 0 Å². The number of carbonyl (C=O) groups is 2. The van der Waals surface area contributed by atoms with E-state index in [1.165, 1.54) is 27.2 Å². The van der Waals surface area contributed by atoms with Gasteiger partial charge in [0.25, 0.3) is 0 Å². The van der Waals surface area contributed by atoms with E-state index in [0.29, 0.717) is 19.4 Å². The molecule has 0 amide bonds. The first kappa shape index (κ1) is 15.3. The van der Waals surface area contributed by atoms with Gasteiger partial charge in [-0.15, -0.1) is 0 Å². The molecule has 0 heterocycles. The molecule has 0 spiro atoms. The molecule has 1 N–H and O–H groups in total. The van der Waals surface area contributed by atoms with Crippen molar-refractivity contribution in [2.75, 3.05) is 13.7 Å². The number of carbonyl (C=O) groups excluding carboxylic acids is 2. The number of rotatable bonds is 7. The number of hydrogen-bond donors (Lipinski definition) is 1. The molecule has 5 nitrogen and oxygen atoms in total. The molecule has 0 rings (SSSR count). The molecule has 0 aliphatic rings. The van der Waals surface area contributed by atoms with Gasteiger partial charge in [-0.2, -0.15) is 0 Å². The average Bonchev–Trinajstić information content (AvgIpc) is 2.26. The maximum Gasteiger partial charge on any atom is 0.305 e. The number of Topliss-reactive ketones (excluding diaryl/α,β-unsaturated/α-hetero) is 1. The first-order valence-electron chi connectivity index (χ1n) is 5.46. The Morgan fingerprint density at radius 2 is 1.94 bits per heavy atom. The molecule has 0 aliphatic carbocycles. The molecule has 0 radical (unpaired) electrons. The number of unbranched alkanes of at least 4 members (excludes halogenated alkanes) is 1. The van der Waals surface area contributed by atoms with Crippen molar-refractivity contribution in [3.63, 3.8) is 0 Å². The Morgan fingerprint density at radius 1 is 1.29 bits per heavy atom. The van der Waals surface area contributed by atoms with Crippen LogP contribution in [0.2, 0.25) is 0 Å². The van der Waals surface area contributed by atoms with Gasteiger partial charge in [-0.25, -0.2) is 0 Å². The molecule has 0 bridgehead atoms. The van der Waals surface area contributed by atoms with Gasteiger partial charge < -0.3 is 9.84 Å². The van der Waals surface area contributed by atoms with Crippen molar-refractivity contribution < 1.29 is 19.4 Å². The Bertz CT molecular complexity index is 327. The first-order chi connectivity index (χ1) is 7.99. The van der Waals surface area contributed by atoms with Crippen LogP contribution in [0, 0.1) is 0 Å². The maximum absolute atomic E-state index is 11.1. The lowest BCUT2D eigenvalue weighted by Gasteiger charge is -1.99. The van der Waals surface area contributed by atoms with Gasteiger partial charge in [0.05, 0.1) is 12.7 Å². The highest BCUT2D eigenvalue weighted by Crippen LogP contribution is 2.01. The van der Waals surface area contributed by atoms with Crippen molar-refractivity contribution in [3.8, 4) is 0 Å². The Hall–Kier alpha value is -1.65. The van der Waals surface area contributed by atoms with Crippen LogP contribution in [0.15, 0.2) is 16.3 Å². The van der Waals surface area contributed by atoms with Crippen LogP contribution in [0.25, 0.3) is 0 Å². The SMILES string of the molecule is COC(=O)CCCCN=C/C(C(C)=O)=C(\C)O. The van der Waals surface area contributed by atoms with Gasteiger partial charge in [-0.1, -0.05) is 0 Å². The largest absolute Gasteiger partial charge is 0.512 e. The van der Waals surface area contributed by atoms with E-state index >= 15 is 0 Å². The molecule has 0 atom stereocenters. The highest BCUT2D eigenvalue weighted by Gasteiger charge is 2.04. The predicted molar refractivity (Wildman–Crippen MR) is 65.2 cm³/mol. The van der Waals surface area contributed by atoms with Crippen LogP contribution in [0.3, 0.4) is 0 Å². The zero-order valence-corrected chi connectivity index (χ0v) is 10.5. The average molecular weight is 241 g/mol. The Morgan fingerprint density at radius 3 is 2.41 bits per heavy atom. The number of allylic oxidation sites excluding steroid dienone is 2. The van der Waals surface area contributed by atoms with Crippen molar-refractivity contribution in [2.45, 2.75) is 33.1 Å². The summed E-state index contributed by atoms with van der Waals surface area (Å²) in [7, 11) is 1.36. The molecule has 0 aliphatic heterocycles. The number of ether oxygens (including phenoxy) is 1. The van der Waals surface area contributed by atoms with Crippen molar-refractivity contribution in [3.05, 3.63) is 11.3 Å². The second kappa shape index (κ2) is 8.50. The van der Waals surface area contributed by atoms with E-state index in [1.54, 1.807) is 0 Å². The molecular formula is C12H19NO4. The van der Waals surface area contributed by atoms with E-state index in [4.69, 9.17) is 0 Å². The van der Waals surface area contributed by atoms with Gasteiger partial charge in [-0.3, -0.25) is 14.6 Å². The van der Waals surface area contributed by atoms with Crippen LogP contribution >= 0.6 is 0 Å². The van der Waals surface area contributed by atoms with Crippen molar-refractivity contribution in [1.82, 2.24) is 0 Å². The summed E-state index contributed by atoms with van der Waals surface area (Å²) < 4.78 is 4.50. The molecule has 0 fully saturated rings. The van der Waals surface area contributed by atoms with Gasteiger partial charge in [0.1, 0.15) is 5.76 Å². The molecule has 0 unspecified atom stereocenters. The van der Waals surface area contributed by atoms with E-state index in [1.807, 2.05) is 0 Å². The number of esters is 1. The summed E-state index contributed by atoms with van der Waals surface area (Å²) in [6.07, 6.45) is 3.18. The van der Waals surface area contributed by atoms with Gasteiger partial charge in [0.2, 0.25) is 0 Å². The predicted octanol–water partition coefficient (Wildman–Crippen LogP) is 1.82. The topological polar surface area (TPSA) is 76.0 Å². The summed E-state index contributed by atoms with van der Waals surface area (Å²) in [4.78, 5) is 25.9. The zero-order chi connectivity index (χ0) is 13.3. The second-order valence-electron chi connectivity index (χ2n) is 3.62. The lowest BCUT2D eigenvalue weighted by molar-refractivity contribution is -0.140. The third-order valence-electron chi connectivity index (χ3n) is 2.14. The third-order valence-corrected chi connectivity index (χ3v) is 2.14. The highest BCUT2D eigenvalue weighted by atomic mass is 16.5. The van der Waals surface area contributed by atoms with Gasteiger partial charge in [-0.05, 0) is 26.7 Å². The Balaban J connectivity index is 3.92. The minimum absolute atomic E-state index is 0.0317. The van der Waals surface area contributed by atoms with Crippen LogP contribution < -0.4 is 0 Å². The quantitative estimate of drug-likeness (QED) is 0.242. The normalized spacial score (nSPS) is 12.4. The lowest BCUT2D eigenvalue weighted by Crippen LogP contribution is -2.02. The summed E-state index contributed by atoms with van der Waals surface area (Å²) >= 11 is 0. The molecule has 0 aromatic heterocycles. The fourth-order valence-corrected chi connectivity index (χ4v) is 1.17. The minimum Gasteiger partial charge on any atom is -0.512 e. The molecule has 0 saturated heterocycles. The molecular weight excluding hydrogens is 222 g/mol. The number of nitrogens with zero attached hydrogens (tertiary/aromatic N) is 1. The van der Waals surface area contributed by atoms with Crippen LogP contribution in [0.4, 0.5) is 0 Å². The smallest absolute Gasteiger partial charge is 0.305 e. The Labute approximate surface area is 101 Å². The molecule has 0 aromatic rings. The summed E-state index contributed by atoms with van der Waals surface area (Å²) in [6, 6.07) is 0. The molecule has 96 valence electrons. The fraction of sp³-hybridized carbons (Fsp3) is 0.583. The monoisotopic (exact) mass is 241 g/mol. The molecule has 17 heavy (non-hydrogen) atoms. The van der Waals surface area contributed by atoms with Crippen LogP contribution in [0.1, 0.15) is 33.1 Å². The van der Waals surface area contributed by atoms with Crippen LogP contribution in [0.5, 0.6) is 0 Å². The fourth-order valence-electron chi connectivity index (χ4n) is 1.17. The summed E-state index contributed by atoms with van der Waals surface area (Å²) in [5.74, 6) is -0.483. The van der Waals surface area contributed by atoms with Crippen LogP contribution in [-0.2, 0) is 14.3 Å². The third kappa shape index (κ3) is 7.27. The number of aliphatic imine (C=N–C) groups is 1. The first-order valence-corrected chi connectivity index (χ1v) is 5.46. The van der Waals surface area contributed by atoms with E-state index in [-0.39, 0.29) is 23.1 Å². The number of aliphatic hydroxyl groups is 1. The lowest BCUT2D eigenvalue weighted by atomic mass is 10.2. The number of methoxy groups -OCH3 is 1. The molecule has 5 heteroatoms. The van der Waals surface area contributed by atoms with E-state index in [9.17, 15) is 14.7 Å². The van der Waals surface area contributed by atoms with Crippen molar-refractivity contribution in [2.24, 2.45) is 4.99 Å². The van der Waals surface area contributed by atoms with E-state index in [0.717, 1.165) is 6.42 Å². The number of hydrogen-bond acceptors (Lipinski definition) is 5. The maximum atomic E-state index is 11.1. The number of ketones is 1. The van der Waals surface area contributed by atoms with Gasteiger partial charge in [0, 0.05) is 19.2 Å². The summed E-state index contributed by atoms with van der Waals surface area (Å²) in [5.41, 5.74) is 0.220. The summed E-state index contributed by atoms with van der Waals surface area (Å²) in [5, 5.41) is 9.20. The molecule has 0 aromatic carbocycles. The minimum atomic E-state index is -0.232. The molecule has 0 saturated carbocycles. The van der Waals surface area contributed by atoms with Crippen LogP contribution in [-0.4, -0.2) is 36.7 Å². The van der Waals surface area contributed by atoms with Gasteiger partial charge >= 0.3 is 5.97 Å². The van der Waals surface area contributed by atoms with E-state index in [2.05, 4.69) is 9.73 Å². The van der Waals surface area contributed by atoms with Crippen molar-refractivity contribution in [1.29, 1.82) is 0 Å². The summed E-state index contributed by atoms with van der Waals surface area (Å²) in [6.45, 7) is 3.33. The zero-order valence-electron chi connectivity index (χ0n) is 10.5. The highest BCUT2D eigenvalue weighted by molar-refractivity contribution is 6.12. The standard InChI is InChI=1S/C12H19NO4/c1-9(14)11(10(2)15)8-13-7-5-4-6-12(16)17-3/h8,14H,4-7H2,1-3H3/b11-9-,13-8?. The number of aliphatic hydroxyl groups excluding tert-OH is 1. The van der Waals surface area contributed by atoms with Gasteiger partial charge in [0.15, 0.2) is 5.78 Å². The van der Waals surface area contributed by atoms with Crippen molar-refractivity contribution >= 4 is 18.0 Å².